The van der Waals surface area contributed by atoms with E-state index in [-0.39, 0.29) is 10.8 Å². The first-order chi connectivity index (χ1) is 12.0. The highest BCUT2D eigenvalue weighted by Crippen LogP contribution is 2.19. The topological polar surface area (TPSA) is 66.9 Å². The predicted octanol–water partition coefficient (Wildman–Crippen LogP) is 1.84. The number of sulfonamides is 1. The number of ether oxygens (including phenoxy) is 1. The van der Waals surface area contributed by atoms with Crippen molar-refractivity contribution >= 4 is 15.9 Å². The SMILES string of the molecule is COc1ccc(C(=O)N2CCN(S(=O)(=O)c3ccccc3)CC2)cc1. The second-order valence-corrected chi connectivity index (χ2v) is 7.68. The average Bonchev–Trinajstić information content (AvgIpc) is 2.68. The fourth-order valence-electron chi connectivity index (χ4n) is 2.79. The zero-order valence-corrected chi connectivity index (χ0v) is 14.8. The van der Waals surface area contributed by atoms with Crippen LogP contribution in [0.2, 0.25) is 0 Å². The largest absolute Gasteiger partial charge is 0.497 e. The van der Waals surface area contributed by atoms with Crippen LogP contribution in [0.3, 0.4) is 0 Å². The van der Waals surface area contributed by atoms with E-state index < -0.39 is 10.0 Å². The third-order valence-electron chi connectivity index (χ3n) is 4.24. The molecule has 1 aliphatic rings. The van der Waals surface area contributed by atoms with Crippen LogP contribution in [0.4, 0.5) is 0 Å². The maximum absolute atomic E-state index is 12.6. The van der Waals surface area contributed by atoms with Crippen molar-refractivity contribution in [1.29, 1.82) is 0 Å². The molecule has 0 atom stereocenters. The summed E-state index contributed by atoms with van der Waals surface area (Å²) in [5.41, 5.74) is 0.570. The molecule has 7 heteroatoms. The van der Waals surface area contributed by atoms with Crippen molar-refractivity contribution in [1.82, 2.24) is 9.21 Å². The molecule has 0 spiro atoms. The van der Waals surface area contributed by atoms with E-state index in [1.807, 2.05) is 0 Å². The number of methoxy groups -OCH3 is 1. The standard InChI is InChI=1S/C18H20N2O4S/c1-24-16-9-7-15(8-10-16)18(21)19-11-13-20(14-12-19)25(22,23)17-5-3-2-4-6-17/h2-10H,11-14H2,1H3. The van der Waals surface area contributed by atoms with Gasteiger partial charge in [-0.05, 0) is 36.4 Å². The molecule has 3 rings (SSSR count). The fourth-order valence-corrected chi connectivity index (χ4v) is 4.23. The third-order valence-corrected chi connectivity index (χ3v) is 6.16. The summed E-state index contributed by atoms with van der Waals surface area (Å²) in [6.07, 6.45) is 0. The molecule has 1 aliphatic heterocycles. The Balaban J connectivity index is 1.66. The Labute approximate surface area is 147 Å². The van der Waals surface area contributed by atoms with E-state index in [1.54, 1.807) is 66.6 Å². The third kappa shape index (κ3) is 3.67. The Hall–Kier alpha value is -2.38. The van der Waals surface area contributed by atoms with Gasteiger partial charge >= 0.3 is 0 Å². The summed E-state index contributed by atoms with van der Waals surface area (Å²) in [6.45, 7) is 1.33. The van der Waals surface area contributed by atoms with Crippen molar-refractivity contribution in [3.63, 3.8) is 0 Å². The van der Waals surface area contributed by atoms with Crippen molar-refractivity contribution in [3.05, 3.63) is 60.2 Å². The van der Waals surface area contributed by atoms with Crippen LogP contribution < -0.4 is 4.74 Å². The predicted molar refractivity (Wildman–Crippen MR) is 94.1 cm³/mol. The van der Waals surface area contributed by atoms with Crippen molar-refractivity contribution in [2.75, 3.05) is 33.3 Å². The number of nitrogens with zero attached hydrogens (tertiary/aromatic N) is 2. The molecule has 6 nitrogen and oxygen atoms in total. The summed E-state index contributed by atoms with van der Waals surface area (Å²) in [4.78, 5) is 14.5. The summed E-state index contributed by atoms with van der Waals surface area (Å²) >= 11 is 0. The Morgan fingerprint density at radius 2 is 1.52 bits per heavy atom. The highest BCUT2D eigenvalue weighted by molar-refractivity contribution is 7.89. The van der Waals surface area contributed by atoms with Gasteiger partial charge in [-0.3, -0.25) is 4.79 Å². The average molecular weight is 360 g/mol. The van der Waals surface area contributed by atoms with E-state index in [0.29, 0.717) is 37.5 Å². The number of carbonyl (C=O) groups is 1. The Morgan fingerprint density at radius 3 is 2.08 bits per heavy atom. The normalized spacial score (nSPS) is 15.8. The van der Waals surface area contributed by atoms with Crippen molar-refractivity contribution in [2.45, 2.75) is 4.90 Å². The smallest absolute Gasteiger partial charge is 0.253 e. The molecule has 2 aromatic rings. The van der Waals surface area contributed by atoms with Gasteiger partial charge in [0.15, 0.2) is 0 Å². The van der Waals surface area contributed by atoms with E-state index in [4.69, 9.17) is 4.74 Å². The maximum atomic E-state index is 12.6. The molecule has 1 fully saturated rings. The van der Waals surface area contributed by atoms with Gasteiger partial charge in [0.1, 0.15) is 5.75 Å². The summed E-state index contributed by atoms with van der Waals surface area (Å²) in [5, 5.41) is 0. The molecule has 0 N–H and O–H groups in total. The molecule has 25 heavy (non-hydrogen) atoms. The van der Waals surface area contributed by atoms with Gasteiger partial charge in [0.2, 0.25) is 10.0 Å². The van der Waals surface area contributed by atoms with E-state index in [2.05, 4.69) is 0 Å². The summed E-state index contributed by atoms with van der Waals surface area (Å²) < 4.78 is 31.7. The fraction of sp³-hybridized carbons (Fsp3) is 0.278. The first kappa shape index (κ1) is 17.4. The number of benzene rings is 2. The number of hydrogen-bond acceptors (Lipinski definition) is 4. The lowest BCUT2D eigenvalue weighted by atomic mass is 10.2. The van der Waals surface area contributed by atoms with E-state index >= 15 is 0 Å². The van der Waals surface area contributed by atoms with E-state index in [1.165, 1.54) is 4.31 Å². The van der Waals surface area contributed by atoms with Gasteiger partial charge in [-0.1, -0.05) is 18.2 Å². The molecule has 1 saturated heterocycles. The van der Waals surface area contributed by atoms with Crippen LogP contribution >= 0.6 is 0 Å². The summed E-state index contributed by atoms with van der Waals surface area (Å²) in [6, 6.07) is 15.3. The highest BCUT2D eigenvalue weighted by Gasteiger charge is 2.30. The lowest BCUT2D eigenvalue weighted by Gasteiger charge is -2.34. The monoisotopic (exact) mass is 360 g/mol. The maximum Gasteiger partial charge on any atom is 0.253 e. The number of piperazine rings is 1. The number of rotatable bonds is 4. The van der Waals surface area contributed by atoms with E-state index in [9.17, 15) is 13.2 Å². The quantitative estimate of drug-likeness (QED) is 0.834. The number of amides is 1. The molecule has 0 aromatic heterocycles. The van der Waals surface area contributed by atoms with Gasteiger partial charge in [-0.15, -0.1) is 0 Å². The lowest BCUT2D eigenvalue weighted by Crippen LogP contribution is -2.50. The first-order valence-electron chi connectivity index (χ1n) is 8.01. The lowest BCUT2D eigenvalue weighted by molar-refractivity contribution is 0.0698. The highest BCUT2D eigenvalue weighted by atomic mass is 32.2. The van der Waals surface area contributed by atoms with Crippen LogP contribution in [-0.4, -0.2) is 56.8 Å². The summed E-state index contributed by atoms with van der Waals surface area (Å²) in [5.74, 6) is 0.592. The minimum absolute atomic E-state index is 0.0978. The van der Waals surface area contributed by atoms with Gasteiger partial charge in [0, 0.05) is 31.7 Å². The number of hydrogen-bond donors (Lipinski definition) is 0. The second kappa shape index (κ2) is 7.25. The van der Waals surface area contributed by atoms with Crippen molar-refractivity contribution in [3.8, 4) is 5.75 Å². The second-order valence-electron chi connectivity index (χ2n) is 5.74. The van der Waals surface area contributed by atoms with Crippen molar-refractivity contribution < 1.29 is 17.9 Å². The van der Waals surface area contributed by atoms with Crippen molar-refractivity contribution in [2.24, 2.45) is 0 Å². The first-order valence-corrected chi connectivity index (χ1v) is 9.45. The zero-order valence-electron chi connectivity index (χ0n) is 14.0. The van der Waals surface area contributed by atoms with Gasteiger partial charge in [-0.25, -0.2) is 8.42 Å². The Kier molecular flexibility index (Phi) is 5.06. The van der Waals surface area contributed by atoms with Crippen LogP contribution in [-0.2, 0) is 10.0 Å². The van der Waals surface area contributed by atoms with E-state index in [0.717, 1.165) is 0 Å². The zero-order chi connectivity index (χ0) is 17.9. The van der Waals surface area contributed by atoms with Crippen LogP contribution in [0.15, 0.2) is 59.5 Å². The molecule has 0 bridgehead atoms. The Bertz CT molecular complexity index is 827. The number of carbonyl (C=O) groups excluding carboxylic acids is 1. The van der Waals surface area contributed by atoms with Crippen LogP contribution in [0.1, 0.15) is 10.4 Å². The molecular formula is C18H20N2O4S. The van der Waals surface area contributed by atoms with Gasteiger partial charge in [-0.2, -0.15) is 4.31 Å². The van der Waals surface area contributed by atoms with Gasteiger partial charge in [0.25, 0.3) is 5.91 Å². The molecule has 132 valence electrons. The van der Waals surface area contributed by atoms with Gasteiger partial charge < -0.3 is 9.64 Å². The molecule has 1 heterocycles. The molecule has 1 amide bonds. The molecule has 2 aromatic carbocycles. The molecule has 0 radical (unpaired) electrons. The Morgan fingerprint density at radius 1 is 0.920 bits per heavy atom. The summed E-state index contributed by atoms with van der Waals surface area (Å²) in [7, 11) is -1.93. The van der Waals surface area contributed by atoms with Gasteiger partial charge in [0.05, 0.1) is 12.0 Å². The molecule has 0 unspecified atom stereocenters. The molecule has 0 saturated carbocycles. The van der Waals surface area contributed by atoms with Crippen LogP contribution in [0.5, 0.6) is 5.75 Å². The minimum Gasteiger partial charge on any atom is -0.497 e. The molecule has 0 aliphatic carbocycles. The van der Waals surface area contributed by atoms with Crippen LogP contribution in [0, 0.1) is 0 Å². The molecular weight excluding hydrogens is 340 g/mol. The van der Waals surface area contributed by atoms with Crippen LogP contribution in [0.25, 0.3) is 0 Å². The minimum atomic E-state index is -3.51.